The van der Waals surface area contributed by atoms with E-state index >= 15 is 0 Å². The lowest BCUT2D eigenvalue weighted by atomic mass is 10.1. The molecule has 8 heteroatoms. The van der Waals surface area contributed by atoms with Crippen molar-refractivity contribution in [2.45, 2.75) is 0 Å². The first kappa shape index (κ1) is 18.8. The largest absolute Gasteiger partial charge is 0.349 e. The summed E-state index contributed by atoms with van der Waals surface area (Å²) in [4.78, 5) is 31.9. The predicted octanol–water partition coefficient (Wildman–Crippen LogP) is 4.21. The Morgan fingerprint density at radius 2 is 1.57 bits per heavy atom. The van der Waals surface area contributed by atoms with E-state index in [1.54, 1.807) is 9.80 Å². The molecule has 1 fully saturated rings. The SMILES string of the molecule is O=C(c1ccc(F)cc1Cl)N1CCN(C(=O)c2[nH]c3ccccc3c2Cl)CC1. The molecule has 0 saturated carbocycles. The number of para-hydroxylation sites is 1. The Kier molecular flexibility index (Phi) is 5.00. The van der Waals surface area contributed by atoms with Crippen molar-refractivity contribution < 1.29 is 14.0 Å². The van der Waals surface area contributed by atoms with E-state index in [0.29, 0.717) is 36.9 Å². The molecule has 2 amide bonds. The molecule has 0 atom stereocenters. The van der Waals surface area contributed by atoms with Crippen molar-refractivity contribution in [3.63, 3.8) is 0 Å². The lowest BCUT2D eigenvalue weighted by Gasteiger charge is -2.34. The van der Waals surface area contributed by atoms with Crippen LogP contribution in [0.25, 0.3) is 10.9 Å². The number of nitrogens with one attached hydrogen (secondary N) is 1. The Morgan fingerprint density at radius 3 is 2.21 bits per heavy atom. The van der Waals surface area contributed by atoms with E-state index in [-0.39, 0.29) is 22.4 Å². The molecule has 1 aromatic heterocycles. The molecule has 2 aromatic carbocycles. The fourth-order valence-electron chi connectivity index (χ4n) is 3.36. The number of aromatic amines is 1. The van der Waals surface area contributed by atoms with Gasteiger partial charge in [-0.25, -0.2) is 4.39 Å². The average Bonchev–Trinajstić information content (AvgIpc) is 3.04. The summed E-state index contributed by atoms with van der Waals surface area (Å²) in [5.41, 5.74) is 1.40. The van der Waals surface area contributed by atoms with Crippen molar-refractivity contribution in [3.8, 4) is 0 Å². The zero-order valence-electron chi connectivity index (χ0n) is 14.7. The highest BCUT2D eigenvalue weighted by Crippen LogP contribution is 2.28. The molecule has 5 nitrogen and oxygen atoms in total. The zero-order valence-corrected chi connectivity index (χ0v) is 16.2. The molecule has 1 N–H and O–H groups in total. The number of hydrogen-bond donors (Lipinski definition) is 1. The van der Waals surface area contributed by atoms with Crippen LogP contribution in [0.3, 0.4) is 0 Å². The quantitative estimate of drug-likeness (QED) is 0.676. The number of rotatable bonds is 2. The minimum Gasteiger partial charge on any atom is -0.349 e. The molecular formula is C20H16Cl2FN3O2. The van der Waals surface area contributed by atoms with E-state index in [0.717, 1.165) is 17.0 Å². The van der Waals surface area contributed by atoms with Crippen LogP contribution in [0, 0.1) is 5.82 Å². The van der Waals surface area contributed by atoms with Crippen LogP contribution in [-0.4, -0.2) is 52.8 Å². The third-order valence-corrected chi connectivity index (χ3v) is 5.58. The van der Waals surface area contributed by atoms with Gasteiger partial charge in [-0.1, -0.05) is 41.4 Å². The lowest BCUT2D eigenvalue weighted by Crippen LogP contribution is -2.50. The van der Waals surface area contributed by atoms with Gasteiger partial charge in [0, 0.05) is 37.1 Å². The van der Waals surface area contributed by atoms with Crippen LogP contribution in [0.2, 0.25) is 10.0 Å². The zero-order chi connectivity index (χ0) is 19.8. The standard InChI is InChI=1S/C20H16Cl2FN3O2/c21-15-11-12(23)5-6-13(15)19(27)25-7-9-26(10-8-25)20(28)18-17(22)14-3-1-2-4-16(14)24-18/h1-6,11,24H,7-10H2. The van der Waals surface area contributed by atoms with Gasteiger partial charge in [0.15, 0.2) is 0 Å². The molecule has 0 spiro atoms. The monoisotopic (exact) mass is 419 g/mol. The molecule has 4 rings (SSSR count). The van der Waals surface area contributed by atoms with Crippen molar-refractivity contribution in [2.24, 2.45) is 0 Å². The van der Waals surface area contributed by atoms with Gasteiger partial charge >= 0.3 is 0 Å². The molecule has 0 radical (unpaired) electrons. The van der Waals surface area contributed by atoms with Crippen molar-refractivity contribution in [1.29, 1.82) is 0 Å². The number of amides is 2. The molecule has 0 bridgehead atoms. The number of benzene rings is 2. The Labute approximate surface area is 170 Å². The minimum atomic E-state index is -0.493. The minimum absolute atomic E-state index is 0.0772. The van der Waals surface area contributed by atoms with Gasteiger partial charge in [0.05, 0.1) is 15.6 Å². The van der Waals surface area contributed by atoms with E-state index in [9.17, 15) is 14.0 Å². The summed E-state index contributed by atoms with van der Waals surface area (Å²) in [5, 5.41) is 1.28. The van der Waals surface area contributed by atoms with Gasteiger partial charge in [0.1, 0.15) is 11.5 Å². The third kappa shape index (κ3) is 3.34. The van der Waals surface area contributed by atoms with E-state index in [1.165, 1.54) is 12.1 Å². The molecule has 0 unspecified atom stereocenters. The normalized spacial score (nSPS) is 14.5. The van der Waals surface area contributed by atoms with Gasteiger partial charge < -0.3 is 14.8 Å². The van der Waals surface area contributed by atoms with Crippen LogP contribution in [0.5, 0.6) is 0 Å². The maximum Gasteiger partial charge on any atom is 0.271 e. The molecule has 1 saturated heterocycles. The van der Waals surface area contributed by atoms with Crippen LogP contribution >= 0.6 is 23.2 Å². The van der Waals surface area contributed by atoms with Crippen LogP contribution in [0.4, 0.5) is 4.39 Å². The molecular weight excluding hydrogens is 404 g/mol. The predicted molar refractivity (Wildman–Crippen MR) is 107 cm³/mol. The highest BCUT2D eigenvalue weighted by molar-refractivity contribution is 6.38. The second-order valence-electron chi connectivity index (χ2n) is 6.57. The van der Waals surface area contributed by atoms with Gasteiger partial charge in [-0.2, -0.15) is 0 Å². The summed E-state index contributed by atoms with van der Waals surface area (Å²) < 4.78 is 13.2. The van der Waals surface area contributed by atoms with Gasteiger partial charge in [-0.15, -0.1) is 0 Å². The van der Waals surface area contributed by atoms with E-state index < -0.39 is 5.82 Å². The number of piperazine rings is 1. The van der Waals surface area contributed by atoms with Crippen LogP contribution in [0.15, 0.2) is 42.5 Å². The first-order valence-corrected chi connectivity index (χ1v) is 9.51. The highest BCUT2D eigenvalue weighted by Gasteiger charge is 2.28. The van der Waals surface area contributed by atoms with Gasteiger partial charge in [-0.05, 0) is 24.3 Å². The van der Waals surface area contributed by atoms with Crippen LogP contribution in [0.1, 0.15) is 20.8 Å². The number of carbonyl (C=O) groups excluding carboxylic acids is 2. The van der Waals surface area contributed by atoms with E-state index in [4.69, 9.17) is 23.2 Å². The molecule has 28 heavy (non-hydrogen) atoms. The van der Waals surface area contributed by atoms with Gasteiger partial charge in [0.2, 0.25) is 0 Å². The Balaban J connectivity index is 1.47. The molecule has 3 aromatic rings. The fourth-order valence-corrected chi connectivity index (χ4v) is 3.90. The van der Waals surface area contributed by atoms with Crippen molar-refractivity contribution in [3.05, 3.63) is 69.6 Å². The second kappa shape index (κ2) is 7.45. The number of fused-ring (bicyclic) bond motifs is 1. The summed E-state index contributed by atoms with van der Waals surface area (Å²) in [6, 6.07) is 11.1. The maximum atomic E-state index is 13.2. The topological polar surface area (TPSA) is 56.4 Å². The molecule has 1 aliphatic heterocycles. The molecule has 144 valence electrons. The third-order valence-electron chi connectivity index (χ3n) is 4.87. The van der Waals surface area contributed by atoms with E-state index in [2.05, 4.69) is 4.98 Å². The average molecular weight is 420 g/mol. The van der Waals surface area contributed by atoms with Crippen LogP contribution < -0.4 is 0 Å². The summed E-state index contributed by atoms with van der Waals surface area (Å²) in [7, 11) is 0. The Morgan fingerprint density at radius 1 is 0.929 bits per heavy atom. The number of carbonyl (C=O) groups is 2. The summed E-state index contributed by atoms with van der Waals surface area (Å²) in [5.74, 6) is -0.971. The first-order chi connectivity index (χ1) is 13.5. The number of H-pyrrole nitrogens is 1. The van der Waals surface area contributed by atoms with Crippen molar-refractivity contribution in [2.75, 3.05) is 26.2 Å². The molecule has 0 aliphatic carbocycles. The van der Waals surface area contributed by atoms with Crippen molar-refractivity contribution >= 4 is 45.9 Å². The maximum absolute atomic E-state index is 13.2. The number of aromatic nitrogens is 1. The number of halogens is 3. The summed E-state index contributed by atoms with van der Waals surface area (Å²) in [6.07, 6.45) is 0. The van der Waals surface area contributed by atoms with E-state index in [1.807, 2.05) is 24.3 Å². The van der Waals surface area contributed by atoms with Crippen LogP contribution in [-0.2, 0) is 0 Å². The Hall–Kier alpha value is -2.57. The second-order valence-corrected chi connectivity index (χ2v) is 7.35. The molecule has 2 heterocycles. The number of nitrogens with zero attached hydrogens (tertiary/aromatic N) is 2. The van der Waals surface area contributed by atoms with Gasteiger partial charge in [-0.3, -0.25) is 9.59 Å². The van der Waals surface area contributed by atoms with Crippen molar-refractivity contribution in [1.82, 2.24) is 14.8 Å². The fraction of sp³-hybridized carbons (Fsp3) is 0.200. The summed E-state index contributed by atoms with van der Waals surface area (Å²) >= 11 is 12.4. The van der Waals surface area contributed by atoms with Gasteiger partial charge in [0.25, 0.3) is 11.8 Å². The highest BCUT2D eigenvalue weighted by atomic mass is 35.5. The smallest absolute Gasteiger partial charge is 0.271 e. The Bertz CT molecular complexity index is 1070. The first-order valence-electron chi connectivity index (χ1n) is 8.75. The molecule has 1 aliphatic rings. The number of hydrogen-bond acceptors (Lipinski definition) is 2. The lowest BCUT2D eigenvalue weighted by molar-refractivity contribution is 0.0533. The summed E-state index contributed by atoms with van der Waals surface area (Å²) in [6.45, 7) is 1.45.